The van der Waals surface area contributed by atoms with E-state index in [9.17, 15) is 27.2 Å². The minimum Gasteiger partial charge on any atom is -0.479 e. The number of halogens is 5. The molecule has 1 saturated heterocycles. The maximum atomic E-state index is 14.1. The van der Waals surface area contributed by atoms with Crippen molar-refractivity contribution >= 4 is 34.2 Å². The molecule has 0 spiro atoms. The van der Waals surface area contributed by atoms with Gasteiger partial charge in [-0.05, 0) is 30.0 Å². The average molecular weight is 525 g/mol. The Morgan fingerprint density at radius 2 is 1.86 bits per heavy atom. The van der Waals surface area contributed by atoms with Crippen LogP contribution in [0.1, 0.15) is 25.8 Å². The number of rotatable bonds is 6. The fourth-order valence-electron chi connectivity index (χ4n) is 4.33. The number of aliphatic imine (C=N–C) groups is 1. The summed E-state index contributed by atoms with van der Waals surface area (Å²) < 4.78 is 72.9. The number of hydrogen-bond acceptors (Lipinski definition) is 6. The van der Waals surface area contributed by atoms with E-state index in [2.05, 4.69) is 4.99 Å². The lowest BCUT2D eigenvalue weighted by molar-refractivity contribution is -0.190. The van der Waals surface area contributed by atoms with Gasteiger partial charge in [0.25, 0.3) is 5.56 Å². The first-order valence-electron chi connectivity index (χ1n) is 10.9. The van der Waals surface area contributed by atoms with Gasteiger partial charge in [-0.15, -0.1) is 0 Å². The molecular formula is C24H17ClF4N2O5. The number of carbonyl (C=O) groups excluding carboxylic acids is 1. The Morgan fingerprint density at radius 1 is 1.14 bits per heavy atom. The maximum Gasteiger partial charge on any atom is 0.312 e. The number of aromatic nitrogens is 1. The molecule has 3 aromatic rings. The number of carbonyl (C=O) groups is 1. The Balaban J connectivity index is 1.47. The second kappa shape index (κ2) is 8.81. The molecule has 5 rings (SSSR count). The number of esters is 1. The molecule has 36 heavy (non-hydrogen) atoms. The molecule has 1 aromatic heterocycles. The molecule has 0 radical (unpaired) electrons. The zero-order valence-electron chi connectivity index (χ0n) is 18.6. The Hall–Kier alpha value is -3.60. The van der Waals surface area contributed by atoms with Gasteiger partial charge in [-0.2, -0.15) is 8.78 Å². The summed E-state index contributed by atoms with van der Waals surface area (Å²) in [7, 11) is 0. The Bertz CT molecular complexity index is 1470. The van der Waals surface area contributed by atoms with Gasteiger partial charge in [0.05, 0.1) is 6.42 Å². The molecule has 0 aliphatic carbocycles. The van der Waals surface area contributed by atoms with E-state index in [0.29, 0.717) is 22.2 Å². The summed E-state index contributed by atoms with van der Waals surface area (Å²) in [6, 6.07) is 4.94. The van der Waals surface area contributed by atoms with Gasteiger partial charge in [-0.25, -0.2) is 13.8 Å². The van der Waals surface area contributed by atoms with Crippen LogP contribution in [0.2, 0.25) is 5.02 Å². The normalized spacial score (nSPS) is 21.7. The lowest BCUT2D eigenvalue weighted by atomic mass is 10.1. The third-order valence-corrected chi connectivity index (χ3v) is 6.34. The Kier molecular flexibility index (Phi) is 5.90. The van der Waals surface area contributed by atoms with E-state index in [4.69, 9.17) is 25.8 Å². The van der Waals surface area contributed by atoms with E-state index in [1.54, 1.807) is 31.3 Å². The van der Waals surface area contributed by atoms with Crippen LogP contribution in [0, 0.1) is 23.3 Å². The topological polar surface area (TPSA) is 79.1 Å². The zero-order chi connectivity index (χ0) is 25.8. The summed E-state index contributed by atoms with van der Waals surface area (Å²) in [5, 5.41) is 1.42. The van der Waals surface area contributed by atoms with Crippen molar-refractivity contribution < 1.29 is 36.6 Å². The fourth-order valence-corrected chi connectivity index (χ4v) is 4.50. The largest absolute Gasteiger partial charge is 0.479 e. The fraction of sp³-hybridized carbons (Fsp3) is 0.292. The molecule has 0 bridgehead atoms. The maximum absolute atomic E-state index is 14.1. The summed E-state index contributed by atoms with van der Waals surface area (Å²) in [6.45, 7) is 0.959. The molecule has 0 saturated carbocycles. The summed E-state index contributed by atoms with van der Waals surface area (Å²) in [6.07, 6.45) is 1.65. The Labute approximate surface area is 205 Å². The Morgan fingerprint density at radius 3 is 2.56 bits per heavy atom. The van der Waals surface area contributed by atoms with Crippen molar-refractivity contribution in [2.45, 2.75) is 37.6 Å². The second-order valence-electron chi connectivity index (χ2n) is 8.34. The summed E-state index contributed by atoms with van der Waals surface area (Å²) >= 11 is 6.05. The van der Waals surface area contributed by atoms with Gasteiger partial charge in [0, 0.05) is 22.7 Å². The number of nitrogens with zero attached hydrogens (tertiary/aromatic N) is 2. The van der Waals surface area contributed by atoms with E-state index in [0.717, 1.165) is 0 Å². The number of pyridine rings is 1. The quantitative estimate of drug-likeness (QED) is 0.266. The molecule has 2 aliphatic rings. The molecule has 3 atom stereocenters. The minimum atomic E-state index is -1.94. The first kappa shape index (κ1) is 24.1. The van der Waals surface area contributed by atoms with E-state index in [1.165, 1.54) is 10.6 Å². The first-order chi connectivity index (χ1) is 17.1. The van der Waals surface area contributed by atoms with E-state index in [1.807, 2.05) is 0 Å². The van der Waals surface area contributed by atoms with Gasteiger partial charge >= 0.3 is 11.8 Å². The minimum absolute atomic E-state index is 0.0217. The number of hydrogen-bond donors (Lipinski definition) is 0. The summed E-state index contributed by atoms with van der Waals surface area (Å²) in [5.41, 5.74) is -0.369. The third-order valence-electron chi connectivity index (χ3n) is 6.11. The highest BCUT2D eigenvalue weighted by atomic mass is 35.5. The first-order valence-corrected chi connectivity index (χ1v) is 11.3. The predicted molar refractivity (Wildman–Crippen MR) is 120 cm³/mol. The molecular weight excluding hydrogens is 508 g/mol. The van der Waals surface area contributed by atoms with E-state index in [-0.39, 0.29) is 23.9 Å². The van der Waals surface area contributed by atoms with E-state index < -0.39 is 59.5 Å². The van der Waals surface area contributed by atoms with Gasteiger partial charge < -0.3 is 18.8 Å². The van der Waals surface area contributed by atoms with Crippen LogP contribution in [0.4, 0.5) is 17.6 Å². The highest BCUT2D eigenvalue weighted by Crippen LogP contribution is 2.40. The van der Waals surface area contributed by atoms with Gasteiger partial charge in [0.2, 0.25) is 17.5 Å². The number of ether oxygens (including phenoxy) is 3. The molecule has 3 heterocycles. The van der Waals surface area contributed by atoms with Crippen molar-refractivity contribution in [3.05, 3.63) is 75.2 Å². The van der Waals surface area contributed by atoms with Crippen LogP contribution in [0.5, 0.6) is 5.75 Å². The van der Waals surface area contributed by atoms with Crippen molar-refractivity contribution in [3.8, 4) is 5.75 Å². The van der Waals surface area contributed by atoms with Crippen LogP contribution in [0.3, 0.4) is 0 Å². The van der Waals surface area contributed by atoms with Crippen LogP contribution in [0.25, 0.3) is 10.8 Å². The zero-order valence-corrected chi connectivity index (χ0v) is 19.3. The average Bonchev–Trinajstić information content (AvgIpc) is 3.32. The van der Waals surface area contributed by atoms with Gasteiger partial charge in [0.1, 0.15) is 12.1 Å². The van der Waals surface area contributed by atoms with E-state index >= 15 is 0 Å². The molecule has 1 fully saturated rings. The van der Waals surface area contributed by atoms with Crippen LogP contribution in [0.15, 0.2) is 46.3 Å². The molecule has 0 unspecified atom stereocenters. The third kappa shape index (κ3) is 3.87. The molecule has 0 N–H and O–H groups in total. The number of fused-ring (bicyclic) bond motifs is 2. The highest BCUT2D eigenvalue weighted by Gasteiger charge is 2.58. The van der Waals surface area contributed by atoms with Crippen LogP contribution >= 0.6 is 11.6 Å². The second-order valence-corrected chi connectivity index (χ2v) is 8.78. The molecule has 2 aliphatic heterocycles. The van der Waals surface area contributed by atoms with Crippen molar-refractivity contribution in [2.24, 2.45) is 4.99 Å². The lowest BCUT2D eigenvalue weighted by Gasteiger charge is -2.28. The molecule has 188 valence electrons. The lowest BCUT2D eigenvalue weighted by Crippen LogP contribution is -2.45. The highest BCUT2D eigenvalue weighted by molar-refractivity contribution is 6.31. The number of benzene rings is 2. The van der Waals surface area contributed by atoms with Crippen molar-refractivity contribution in [2.75, 3.05) is 6.61 Å². The van der Waals surface area contributed by atoms with Gasteiger partial charge in [0.15, 0.2) is 24.0 Å². The molecule has 0 amide bonds. The van der Waals surface area contributed by atoms with Crippen molar-refractivity contribution in [1.29, 1.82) is 0 Å². The smallest absolute Gasteiger partial charge is 0.312 e. The van der Waals surface area contributed by atoms with Gasteiger partial charge in [-0.1, -0.05) is 24.6 Å². The summed E-state index contributed by atoms with van der Waals surface area (Å²) in [4.78, 5) is 29.6. The standard InChI is InChI=1S/C24H17ClF4N2O5/c1-2-16(31-6-5-11-3-4-12(25)7-13(11)23(31)33)22-30-17-9-18(32)35-24(17,36-22)10-34-21-19(28)14(26)8-15(27)20(21)29/h3-8,16-17H,2,9-10H2,1H3/t16-,17-,24-/m0/s1. The van der Waals surface area contributed by atoms with Crippen molar-refractivity contribution in [1.82, 2.24) is 4.57 Å². The summed E-state index contributed by atoms with van der Waals surface area (Å²) in [5.74, 6) is -10.8. The SMILES string of the molecule is CC[C@@H](C1=N[C@H]2CC(=O)O[C@@]2(COc2c(F)c(F)cc(F)c2F)O1)n1ccc2ccc(Cl)cc2c1=O. The van der Waals surface area contributed by atoms with Gasteiger partial charge in [-0.3, -0.25) is 9.59 Å². The van der Waals surface area contributed by atoms with Crippen LogP contribution in [-0.4, -0.2) is 34.9 Å². The molecule has 2 aromatic carbocycles. The molecule has 12 heteroatoms. The molecule has 7 nitrogen and oxygen atoms in total. The monoisotopic (exact) mass is 524 g/mol. The van der Waals surface area contributed by atoms with Crippen LogP contribution in [-0.2, 0) is 14.3 Å². The predicted octanol–water partition coefficient (Wildman–Crippen LogP) is 4.68. The van der Waals surface area contributed by atoms with Crippen molar-refractivity contribution in [3.63, 3.8) is 0 Å². The van der Waals surface area contributed by atoms with Crippen LogP contribution < -0.4 is 10.3 Å².